The molecule has 4 heteroatoms. The van der Waals surface area contributed by atoms with E-state index in [1.54, 1.807) is 0 Å². The zero-order valence-corrected chi connectivity index (χ0v) is 6.15. The van der Waals surface area contributed by atoms with E-state index in [2.05, 4.69) is 0 Å². The predicted molar refractivity (Wildman–Crippen MR) is 41.1 cm³/mol. The number of halogens is 1. The minimum atomic E-state index is -1.59. The average molecular weight is 174 g/mol. The number of hydrogen-bond donors (Lipinski definition) is 0. The van der Waals surface area contributed by atoms with Crippen molar-refractivity contribution in [1.29, 1.82) is 0 Å². The van der Waals surface area contributed by atoms with Gasteiger partial charge in [0.2, 0.25) is 0 Å². The molecule has 0 radical (unpaired) electrons. The Morgan fingerprint density at radius 2 is 1.44 bits per heavy atom. The fourth-order valence-corrected chi connectivity index (χ4v) is 2.80. The van der Waals surface area contributed by atoms with Gasteiger partial charge in [0.15, 0.2) is 0 Å². The van der Waals surface area contributed by atoms with E-state index >= 15 is 0 Å². The Bertz CT molecular complexity index is 58.9. The van der Waals surface area contributed by atoms with Crippen molar-refractivity contribution >= 4 is 66.0 Å². The Labute approximate surface area is 103 Å². The first kappa shape index (κ1) is 13.6. The molecule has 0 aromatic heterocycles. The van der Waals surface area contributed by atoms with Gasteiger partial charge in [-0.1, -0.05) is 29.8 Å². The first-order chi connectivity index (χ1) is 3.39. The molecule has 1 nitrogen and oxygen atoms in total. The Balaban J connectivity index is 0. The SMILES string of the molecule is O.[F][Al]1[CH2]CCC[CH2]1.[KH]. The summed E-state index contributed by atoms with van der Waals surface area (Å²) in [5.41, 5.74) is 0. The van der Waals surface area contributed by atoms with E-state index in [0.717, 1.165) is 10.6 Å². The van der Waals surface area contributed by atoms with Crippen molar-refractivity contribution in [2.24, 2.45) is 0 Å². The van der Waals surface area contributed by atoms with Gasteiger partial charge in [0.05, 0.1) is 0 Å². The van der Waals surface area contributed by atoms with E-state index in [1.165, 1.54) is 19.3 Å². The van der Waals surface area contributed by atoms with Gasteiger partial charge in [-0.25, -0.2) is 0 Å². The summed E-state index contributed by atoms with van der Waals surface area (Å²) in [4.78, 5) is 0. The summed E-state index contributed by atoms with van der Waals surface area (Å²) in [6, 6.07) is 0. The summed E-state index contributed by atoms with van der Waals surface area (Å²) in [6.07, 6.45) is 3.63. The van der Waals surface area contributed by atoms with Crippen LogP contribution in [0.1, 0.15) is 19.3 Å². The van der Waals surface area contributed by atoms with Crippen LogP contribution in [0.3, 0.4) is 0 Å². The molecule has 1 aliphatic heterocycles. The van der Waals surface area contributed by atoms with Crippen molar-refractivity contribution in [3.05, 3.63) is 0 Å². The molecular formula is C5H13AlFKO. The van der Waals surface area contributed by atoms with E-state index in [9.17, 15) is 3.52 Å². The second-order valence-electron chi connectivity index (χ2n) is 2.24. The second-order valence-corrected chi connectivity index (χ2v) is 4.58. The first-order valence-electron chi connectivity index (χ1n) is 3.03. The maximum absolute atomic E-state index is 12.3. The molecular weight excluding hydrogens is 161 g/mol. The number of hydrogen-bond acceptors (Lipinski definition) is 0. The van der Waals surface area contributed by atoms with Gasteiger partial charge in [0, 0.05) is 0 Å². The van der Waals surface area contributed by atoms with Gasteiger partial charge in [-0.3, -0.25) is 0 Å². The molecule has 0 aliphatic carbocycles. The molecule has 0 aromatic carbocycles. The van der Waals surface area contributed by atoms with Crippen LogP contribution in [0.5, 0.6) is 0 Å². The molecule has 0 aromatic rings. The number of rotatable bonds is 0. The van der Waals surface area contributed by atoms with Crippen LogP contribution in [0.4, 0.5) is 3.52 Å². The third kappa shape index (κ3) is 6.46. The molecule has 0 unspecified atom stereocenters. The fraction of sp³-hybridized carbons (Fsp3) is 1.00. The van der Waals surface area contributed by atoms with Crippen molar-refractivity contribution in [3.63, 3.8) is 0 Å². The van der Waals surface area contributed by atoms with Crippen LogP contribution >= 0.6 is 0 Å². The van der Waals surface area contributed by atoms with Gasteiger partial charge in [-0.2, -0.15) is 0 Å². The second kappa shape index (κ2) is 8.16. The molecule has 0 saturated carbocycles. The van der Waals surface area contributed by atoms with Gasteiger partial charge >= 0.3 is 66.0 Å². The first-order valence-corrected chi connectivity index (χ1v) is 5.10. The van der Waals surface area contributed by atoms with Crippen molar-refractivity contribution < 1.29 is 9.00 Å². The maximum atomic E-state index is 12.3. The molecule has 1 saturated heterocycles. The summed E-state index contributed by atoms with van der Waals surface area (Å²) in [5, 5.41) is 1.92. The molecule has 0 bridgehead atoms. The van der Waals surface area contributed by atoms with E-state index < -0.39 is 14.6 Å². The topological polar surface area (TPSA) is 31.5 Å². The van der Waals surface area contributed by atoms with Gasteiger partial charge in [0.25, 0.3) is 0 Å². The molecule has 0 atom stereocenters. The van der Waals surface area contributed by atoms with Crippen LogP contribution in [0.25, 0.3) is 0 Å². The Morgan fingerprint density at radius 3 is 1.67 bits per heavy atom. The van der Waals surface area contributed by atoms with Gasteiger partial charge < -0.3 is 9.00 Å². The average Bonchev–Trinajstić information content (AvgIpc) is 1.69. The monoisotopic (exact) mass is 174 g/mol. The molecule has 0 spiro atoms. The quantitative estimate of drug-likeness (QED) is 0.483. The molecule has 0 amide bonds. The summed E-state index contributed by atoms with van der Waals surface area (Å²) in [5.74, 6) is 0. The summed E-state index contributed by atoms with van der Waals surface area (Å²) in [7, 11) is 0. The Morgan fingerprint density at radius 1 is 1.00 bits per heavy atom. The molecule has 2 N–H and O–H groups in total. The molecule has 1 rings (SSSR count). The molecule has 1 fully saturated rings. The van der Waals surface area contributed by atoms with E-state index in [-0.39, 0.29) is 56.9 Å². The van der Waals surface area contributed by atoms with Gasteiger partial charge in [-0.05, 0) is 0 Å². The van der Waals surface area contributed by atoms with Crippen LogP contribution in [0, 0.1) is 0 Å². The fourth-order valence-electron chi connectivity index (χ4n) is 1.05. The van der Waals surface area contributed by atoms with Crippen LogP contribution in [0.15, 0.2) is 0 Å². The Hall–Kier alpha value is 2.06. The molecule has 1 aliphatic rings. The molecule has 9 heavy (non-hydrogen) atoms. The van der Waals surface area contributed by atoms with E-state index in [4.69, 9.17) is 0 Å². The summed E-state index contributed by atoms with van der Waals surface area (Å²) < 4.78 is 12.3. The minimum absolute atomic E-state index is 0. The van der Waals surface area contributed by atoms with Crippen LogP contribution in [0.2, 0.25) is 10.6 Å². The van der Waals surface area contributed by atoms with Crippen molar-refractivity contribution in [1.82, 2.24) is 0 Å². The van der Waals surface area contributed by atoms with Gasteiger partial charge in [0.1, 0.15) is 0 Å². The van der Waals surface area contributed by atoms with Crippen molar-refractivity contribution in [2.75, 3.05) is 0 Å². The normalized spacial score (nSPS) is 17.7. The van der Waals surface area contributed by atoms with Crippen LogP contribution < -0.4 is 0 Å². The standard InChI is InChI=1S/C5H10.Al.FH.K.H2O.H/c1-3-5-4-2;;;;;/h1-5H2;;1H;;1H2;/q;+1;;;;/p-1. The zero-order chi connectivity index (χ0) is 5.11. The molecule has 50 valence electrons. The Kier molecular flexibility index (Phi) is 12.4. The zero-order valence-electron chi connectivity index (χ0n) is 4.99. The van der Waals surface area contributed by atoms with E-state index in [1.807, 2.05) is 0 Å². The molecule has 1 heterocycles. The van der Waals surface area contributed by atoms with Crippen molar-refractivity contribution in [3.8, 4) is 0 Å². The van der Waals surface area contributed by atoms with E-state index in [0.29, 0.717) is 0 Å². The van der Waals surface area contributed by atoms with Crippen molar-refractivity contribution in [2.45, 2.75) is 29.8 Å². The summed E-state index contributed by atoms with van der Waals surface area (Å²) >= 11 is -1.59. The predicted octanol–water partition coefficient (Wildman–Crippen LogP) is 0.658. The van der Waals surface area contributed by atoms with Crippen LogP contribution in [-0.4, -0.2) is 71.5 Å². The van der Waals surface area contributed by atoms with Gasteiger partial charge in [-0.15, -0.1) is 0 Å². The summed E-state index contributed by atoms with van der Waals surface area (Å²) in [6.45, 7) is 0. The third-order valence-electron chi connectivity index (χ3n) is 1.53. The van der Waals surface area contributed by atoms with Crippen LogP contribution in [-0.2, 0) is 0 Å². The third-order valence-corrected chi connectivity index (χ3v) is 3.60.